The van der Waals surface area contributed by atoms with Gasteiger partial charge in [0.05, 0.1) is 5.92 Å². The molecule has 20 heavy (non-hydrogen) atoms. The van der Waals surface area contributed by atoms with Gasteiger partial charge in [-0.3, -0.25) is 4.79 Å². The number of hydrogen-bond acceptors (Lipinski definition) is 4. The number of carboxylic acid groups (broad SMARTS) is 1. The fraction of sp³-hybridized carbons (Fsp3) is 0.917. The first-order valence-corrected chi connectivity index (χ1v) is 9.54. The first-order valence-electron chi connectivity index (χ1n) is 6.94. The lowest BCUT2D eigenvalue weighted by Gasteiger charge is -2.30. The summed E-state index contributed by atoms with van der Waals surface area (Å²) in [6, 6.07) is -0.135. The number of thioether (sulfide) groups is 1. The molecule has 0 amide bonds. The van der Waals surface area contributed by atoms with Gasteiger partial charge >= 0.3 is 5.97 Å². The van der Waals surface area contributed by atoms with Gasteiger partial charge in [0.15, 0.2) is 0 Å². The van der Waals surface area contributed by atoms with Crippen molar-refractivity contribution in [1.82, 2.24) is 9.03 Å². The lowest BCUT2D eigenvalue weighted by atomic mass is 10.0. The second-order valence-corrected chi connectivity index (χ2v) is 8.14. The van der Waals surface area contributed by atoms with Crippen LogP contribution in [0.15, 0.2) is 0 Å². The van der Waals surface area contributed by atoms with Crippen LogP contribution in [0.1, 0.15) is 33.1 Å². The number of hydrogen-bond donors (Lipinski definition) is 2. The fourth-order valence-corrected chi connectivity index (χ4v) is 4.48. The molecule has 2 N–H and O–H groups in total. The van der Waals surface area contributed by atoms with E-state index in [0.29, 0.717) is 19.4 Å². The van der Waals surface area contributed by atoms with Crippen LogP contribution in [-0.4, -0.2) is 54.4 Å². The molecule has 6 nitrogen and oxygen atoms in total. The number of piperidine rings is 1. The number of nitrogens with zero attached hydrogens (tertiary/aromatic N) is 1. The molecule has 1 saturated heterocycles. The van der Waals surface area contributed by atoms with E-state index in [2.05, 4.69) is 11.6 Å². The third kappa shape index (κ3) is 5.59. The molecule has 2 unspecified atom stereocenters. The second-order valence-electron chi connectivity index (χ2n) is 5.04. The summed E-state index contributed by atoms with van der Waals surface area (Å²) in [6.45, 7) is 4.38. The van der Waals surface area contributed by atoms with Gasteiger partial charge in [0.25, 0.3) is 10.2 Å². The van der Waals surface area contributed by atoms with Crippen molar-refractivity contribution < 1.29 is 18.3 Å². The van der Waals surface area contributed by atoms with Crippen LogP contribution in [0.25, 0.3) is 0 Å². The van der Waals surface area contributed by atoms with Gasteiger partial charge in [-0.05, 0) is 37.7 Å². The van der Waals surface area contributed by atoms with E-state index in [4.69, 9.17) is 5.11 Å². The second kappa shape index (κ2) is 8.21. The van der Waals surface area contributed by atoms with Gasteiger partial charge in [-0.15, -0.1) is 0 Å². The highest BCUT2D eigenvalue weighted by atomic mass is 32.2. The number of carbonyl (C=O) groups is 1. The minimum Gasteiger partial charge on any atom is -0.481 e. The molecular weight excluding hydrogens is 300 g/mol. The quantitative estimate of drug-likeness (QED) is 0.654. The Balaban J connectivity index is 2.52. The average Bonchev–Trinajstić information content (AvgIpc) is 2.38. The molecule has 0 bridgehead atoms. The highest BCUT2D eigenvalue weighted by Gasteiger charge is 2.32. The molecule has 0 radical (unpaired) electrons. The number of carboxylic acids is 1. The summed E-state index contributed by atoms with van der Waals surface area (Å²) in [7, 11) is -3.58. The number of nitrogens with one attached hydrogen (secondary N) is 1. The van der Waals surface area contributed by atoms with E-state index >= 15 is 0 Å². The summed E-state index contributed by atoms with van der Waals surface area (Å²) in [5.74, 6) is 0.424. The Morgan fingerprint density at radius 2 is 2.25 bits per heavy atom. The Kier molecular flexibility index (Phi) is 7.28. The van der Waals surface area contributed by atoms with Crippen molar-refractivity contribution in [3.8, 4) is 0 Å². The van der Waals surface area contributed by atoms with Crippen LogP contribution in [0.2, 0.25) is 0 Å². The van der Waals surface area contributed by atoms with Crippen molar-refractivity contribution in [2.75, 3.05) is 24.6 Å². The maximum atomic E-state index is 12.2. The van der Waals surface area contributed by atoms with E-state index in [1.165, 1.54) is 4.31 Å². The third-order valence-corrected chi connectivity index (χ3v) is 5.97. The molecule has 1 aliphatic rings. The molecule has 1 aliphatic heterocycles. The van der Waals surface area contributed by atoms with Gasteiger partial charge in [-0.25, -0.2) is 0 Å². The Morgan fingerprint density at radius 3 is 2.85 bits per heavy atom. The topological polar surface area (TPSA) is 86.7 Å². The van der Waals surface area contributed by atoms with Crippen LogP contribution >= 0.6 is 11.8 Å². The van der Waals surface area contributed by atoms with Crippen molar-refractivity contribution in [2.24, 2.45) is 5.92 Å². The van der Waals surface area contributed by atoms with E-state index in [9.17, 15) is 13.2 Å². The molecule has 0 aromatic carbocycles. The molecule has 8 heteroatoms. The highest BCUT2D eigenvalue weighted by Crippen LogP contribution is 2.19. The third-order valence-electron chi connectivity index (χ3n) is 3.32. The van der Waals surface area contributed by atoms with E-state index in [1.54, 1.807) is 11.8 Å². The average molecular weight is 324 g/mol. The first kappa shape index (κ1) is 17.7. The lowest BCUT2D eigenvalue weighted by Crippen LogP contribution is -2.49. The van der Waals surface area contributed by atoms with Gasteiger partial charge in [0.2, 0.25) is 0 Å². The SMILES string of the molecule is CCSCCC(C)NS(=O)(=O)N1CCCC(C(=O)O)C1. The van der Waals surface area contributed by atoms with Gasteiger partial charge in [0.1, 0.15) is 0 Å². The number of aliphatic carboxylic acids is 1. The molecule has 0 spiro atoms. The summed E-state index contributed by atoms with van der Waals surface area (Å²) in [5.41, 5.74) is 0. The van der Waals surface area contributed by atoms with Crippen molar-refractivity contribution in [2.45, 2.75) is 39.2 Å². The van der Waals surface area contributed by atoms with Crippen LogP contribution in [0.4, 0.5) is 0 Å². The van der Waals surface area contributed by atoms with Crippen molar-refractivity contribution in [3.63, 3.8) is 0 Å². The number of rotatable bonds is 8. The predicted octanol–water partition coefficient (Wildman–Crippen LogP) is 1.15. The van der Waals surface area contributed by atoms with Crippen molar-refractivity contribution in [1.29, 1.82) is 0 Å². The molecule has 0 saturated carbocycles. The Labute approximate surface area is 125 Å². The minimum absolute atomic E-state index is 0.0705. The van der Waals surface area contributed by atoms with Crippen LogP contribution in [0, 0.1) is 5.92 Å². The summed E-state index contributed by atoms with van der Waals surface area (Å²) in [6.07, 6.45) is 1.91. The molecule has 0 aliphatic carbocycles. The predicted molar refractivity (Wildman–Crippen MR) is 81.1 cm³/mol. The normalized spacial score (nSPS) is 22.6. The first-order chi connectivity index (χ1) is 9.36. The highest BCUT2D eigenvalue weighted by molar-refractivity contribution is 7.99. The van der Waals surface area contributed by atoms with Crippen LogP contribution < -0.4 is 4.72 Å². The molecule has 1 fully saturated rings. The molecule has 1 rings (SSSR count). The zero-order valence-corrected chi connectivity index (χ0v) is 13.7. The summed E-state index contributed by atoms with van der Waals surface area (Å²) >= 11 is 1.78. The molecule has 1 heterocycles. The van der Waals surface area contributed by atoms with Gasteiger partial charge in [-0.1, -0.05) is 6.92 Å². The Hall–Kier alpha value is -0.310. The molecular formula is C12H24N2O4S2. The smallest absolute Gasteiger partial charge is 0.307 e. The van der Waals surface area contributed by atoms with Crippen LogP contribution in [0.5, 0.6) is 0 Å². The maximum Gasteiger partial charge on any atom is 0.307 e. The molecule has 118 valence electrons. The maximum absolute atomic E-state index is 12.2. The summed E-state index contributed by atoms with van der Waals surface area (Å²) in [5, 5.41) is 9.00. The van der Waals surface area contributed by atoms with Crippen LogP contribution in [0.3, 0.4) is 0 Å². The Bertz CT molecular complexity index is 414. The standard InChI is InChI=1S/C12H24N2O4S2/c1-3-19-8-6-10(2)13-20(17,18)14-7-4-5-11(9-14)12(15)16/h10-11,13H,3-9H2,1-2H3,(H,15,16). The minimum atomic E-state index is -3.58. The van der Waals surface area contributed by atoms with Gasteiger partial charge in [0, 0.05) is 19.1 Å². The molecule has 0 aromatic rings. The fourth-order valence-electron chi connectivity index (χ4n) is 2.15. The largest absolute Gasteiger partial charge is 0.481 e. The molecule has 2 atom stereocenters. The van der Waals surface area contributed by atoms with E-state index in [0.717, 1.165) is 17.9 Å². The van der Waals surface area contributed by atoms with E-state index in [1.807, 2.05) is 6.92 Å². The molecule has 0 aromatic heterocycles. The lowest BCUT2D eigenvalue weighted by molar-refractivity contribution is -0.142. The van der Waals surface area contributed by atoms with Gasteiger partial charge in [-0.2, -0.15) is 29.2 Å². The van der Waals surface area contributed by atoms with E-state index in [-0.39, 0.29) is 12.6 Å². The zero-order chi connectivity index (χ0) is 15.2. The van der Waals surface area contributed by atoms with Crippen molar-refractivity contribution >= 4 is 27.9 Å². The van der Waals surface area contributed by atoms with Crippen molar-refractivity contribution in [3.05, 3.63) is 0 Å². The van der Waals surface area contributed by atoms with E-state index < -0.39 is 22.1 Å². The van der Waals surface area contributed by atoms with Crippen LogP contribution in [-0.2, 0) is 15.0 Å². The monoisotopic (exact) mass is 324 g/mol. The Morgan fingerprint density at radius 1 is 1.55 bits per heavy atom. The summed E-state index contributed by atoms with van der Waals surface area (Å²) in [4.78, 5) is 11.0. The zero-order valence-electron chi connectivity index (χ0n) is 12.0. The summed E-state index contributed by atoms with van der Waals surface area (Å²) < 4.78 is 28.3. The van der Waals surface area contributed by atoms with Gasteiger partial charge < -0.3 is 5.11 Å².